The van der Waals surface area contributed by atoms with E-state index < -0.39 is 0 Å². The number of hydrogen-bond donors (Lipinski definition) is 1. The van der Waals surface area contributed by atoms with Crippen LogP contribution in [0, 0.1) is 0 Å². The third-order valence-electron chi connectivity index (χ3n) is 3.26. The largest absolute Gasteiger partial charge is 0.489 e. The molecule has 1 aromatic carbocycles. The zero-order valence-electron chi connectivity index (χ0n) is 11.3. The van der Waals surface area contributed by atoms with Gasteiger partial charge in [0.1, 0.15) is 5.75 Å². The van der Waals surface area contributed by atoms with Crippen molar-refractivity contribution in [2.45, 2.75) is 19.4 Å². The summed E-state index contributed by atoms with van der Waals surface area (Å²) in [6, 6.07) is 5.33. The van der Waals surface area contributed by atoms with Crippen LogP contribution < -0.4 is 10.5 Å². The van der Waals surface area contributed by atoms with Crippen LogP contribution in [0.3, 0.4) is 0 Å². The fourth-order valence-electron chi connectivity index (χ4n) is 2.09. The number of halogens is 1. The second-order valence-electron chi connectivity index (χ2n) is 4.85. The molecule has 1 aromatic rings. The van der Waals surface area contributed by atoms with Gasteiger partial charge in [0, 0.05) is 24.7 Å². The maximum Gasteiger partial charge on any atom is 0.142 e. The smallest absolute Gasteiger partial charge is 0.142 e. The van der Waals surface area contributed by atoms with Gasteiger partial charge in [0.2, 0.25) is 0 Å². The summed E-state index contributed by atoms with van der Waals surface area (Å²) >= 11 is 5.86. The topological polar surface area (TPSA) is 47.7 Å². The Morgan fingerprint density at radius 3 is 2.84 bits per heavy atom. The van der Waals surface area contributed by atoms with Crippen molar-refractivity contribution in [3.8, 4) is 5.75 Å². The molecule has 0 bridgehead atoms. The minimum absolute atomic E-state index is 0.131. The Bertz CT molecular complexity index is 408. The molecule has 1 atom stereocenters. The zero-order chi connectivity index (χ0) is 13.7. The third-order valence-corrected chi connectivity index (χ3v) is 3.49. The van der Waals surface area contributed by atoms with Gasteiger partial charge < -0.3 is 15.2 Å². The van der Waals surface area contributed by atoms with Gasteiger partial charge in [-0.15, -0.1) is 0 Å². The highest BCUT2D eigenvalue weighted by Gasteiger charge is 2.13. The van der Waals surface area contributed by atoms with Crippen molar-refractivity contribution in [3.05, 3.63) is 23.2 Å². The lowest BCUT2D eigenvalue weighted by Crippen LogP contribution is -2.38. The molecular formula is C14H21ClN2O2. The van der Waals surface area contributed by atoms with Gasteiger partial charge in [-0.1, -0.05) is 11.6 Å². The zero-order valence-corrected chi connectivity index (χ0v) is 12.0. The maximum atomic E-state index is 5.87. The van der Waals surface area contributed by atoms with Gasteiger partial charge >= 0.3 is 0 Å². The number of ether oxygens (including phenoxy) is 2. The van der Waals surface area contributed by atoms with Crippen LogP contribution in [-0.4, -0.2) is 43.9 Å². The summed E-state index contributed by atoms with van der Waals surface area (Å²) in [5.41, 5.74) is 6.46. The summed E-state index contributed by atoms with van der Waals surface area (Å²) in [7, 11) is 0. The van der Waals surface area contributed by atoms with E-state index in [1.807, 2.05) is 6.07 Å². The van der Waals surface area contributed by atoms with Gasteiger partial charge in [-0.05, 0) is 31.5 Å². The molecule has 2 rings (SSSR count). The van der Waals surface area contributed by atoms with Crippen molar-refractivity contribution in [3.63, 3.8) is 0 Å². The van der Waals surface area contributed by atoms with E-state index in [2.05, 4.69) is 11.8 Å². The van der Waals surface area contributed by atoms with Gasteiger partial charge in [-0.3, -0.25) is 4.90 Å². The highest BCUT2D eigenvalue weighted by Crippen LogP contribution is 2.26. The van der Waals surface area contributed by atoms with Gasteiger partial charge in [0.25, 0.3) is 0 Å². The molecule has 0 aliphatic carbocycles. The molecule has 19 heavy (non-hydrogen) atoms. The van der Waals surface area contributed by atoms with Gasteiger partial charge in [0.15, 0.2) is 0 Å². The number of nitrogens with two attached hydrogens (primary N) is 1. The summed E-state index contributed by atoms with van der Waals surface area (Å²) in [5, 5.41) is 0.630. The van der Waals surface area contributed by atoms with E-state index in [0.29, 0.717) is 16.5 Å². The Kier molecular flexibility index (Phi) is 5.31. The van der Waals surface area contributed by atoms with Crippen LogP contribution >= 0.6 is 11.6 Å². The lowest BCUT2D eigenvalue weighted by Gasteiger charge is -2.27. The molecule has 2 N–H and O–H groups in total. The number of nitrogens with zero attached hydrogens (tertiary/aromatic N) is 1. The first-order valence-electron chi connectivity index (χ1n) is 6.67. The van der Waals surface area contributed by atoms with E-state index in [0.717, 1.165) is 39.3 Å². The van der Waals surface area contributed by atoms with Crippen LogP contribution in [0.2, 0.25) is 5.02 Å². The van der Waals surface area contributed by atoms with E-state index in [-0.39, 0.29) is 6.10 Å². The van der Waals surface area contributed by atoms with Crippen LogP contribution in [0.25, 0.3) is 0 Å². The average molecular weight is 285 g/mol. The summed E-state index contributed by atoms with van der Waals surface area (Å²) in [6.45, 7) is 6.77. The molecule has 1 aliphatic heterocycles. The fraction of sp³-hybridized carbons (Fsp3) is 0.571. The first kappa shape index (κ1) is 14.4. The van der Waals surface area contributed by atoms with Crippen molar-refractivity contribution in [2.75, 3.05) is 38.6 Å². The summed E-state index contributed by atoms with van der Waals surface area (Å²) in [5.74, 6) is 0.707. The molecule has 1 aliphatic rings. The Hall–Kier alpha value is -0.970. The maximum absolute atomic E-state index is 5.87. The van der Waals surface area contributed by atoms with Gasteiger partial charge in [-0.2, -0.15) is 0 Å². The number of rotatable bonds is 5. The third kappa shape index (κ3) is 4.56. The van der Waals surface area contributed by atoms with Crippen LogP contribution in [0.5, 0.6) is 5.75 Å². The SMILES string of the molecule is CC(CCN1CCOCC1)Oc1ccc(Cl)cc1N. The van der Waals surface area contributed by atoms with E-state index in [4.69, 9.17) is 26.8 Å². The molecule has 0 spiro atoms. The Labute approximate surface area is 119 Å². The summed E-state index contributed by atoms with van der Waals surface area (Å²) in [4.78, 5) is 2.40. The van der Waals surface area contributed by atoms with E-state index in [1.54, 1.807) is 12.1 Å². The number of hydrogen-bond acceptors (Lipinski definition) is 4. The van der Waals surface area contributed by atoms with Gasteiger partial charge in [0.05, 0.1) is 25.0 Å². The molecule has 0 amide bonds. The highest BCUT2D eigenvalue weighted by atomic mass is 35.5. The van der Waals surface area contributed by atoms with Crippen molar-refractivity contribution in [2.24, 2.45) is 0 Å². The van der Waals surface area contributed by atoms with Crippen LogP contribution in [0.1, 0.15) is 13.3 Å². The molecule has 5 heteroatoms. The minimum atomic E-state index is 0.131. The average Bonchev–Trinajstić information content (AvgIpc) is 2.41. The van der Waals surface area contributed by atoms with Crippen molar-refractivity contribution < 1.29 is 9.47 Å². The molecule has 1 unspecified atom stereocenters. The molecule has 0 radical (unpaired) electrons. The molecule has 4 nitrogen and oxygen atoms in total. The first-order chi connectivity index (χ1) is 9.15. The normalized spacial score (nSPS) is 18.2. The fourth-order valence-corrected chi connectivity index (χ4v) is 2.27. The Balaban J connectivity index is 1.78. The number of benzene rings is 1. The van der Waals surface area contributed by atoms with Crippen LogP contribution in [-0.2, 0) is 4.74 Å². The lowest BCUT2D eigenvalue weighted by molar-refractivity contribution is 0.0327. The van der Waals surface area contributed by atoms with E-state index >= 15 is 0 Å². The van der Waals surface area contributed by atoms with Gasteiger partial charge in [-0.25, -0.2) is 0 Å². The number of nitrogen functional groups attached to an aromatic ring is 1. The number of anilines is 1. The molecule has 1 fully saturated rings. The lowest BCUT2D eigenvalue weighted by atomic mass is 10.2. The van der Waals surface area contributed by atoms with Crippen molar-refractivity contribution in [1.29, 1.82) is 0 Å². The monoisotopic (exact) mass is 284 g/mol. The predicted octanol–water partition coefficient (Wildman–Crippen LogP) is 2.41. The molecule has 0 aromatic heterocycles. The molecule has 106 valence electrons. The molecule has 0 saturated carbocycles. The first-order valence-corrected chi connectivity index (χ1v) is 7.05. The quantitative estimate of drug-likeness (QED) is 0.844. The molecule has 1 heterocycles. The minimum Gasteiger partial charge on any atom is -0.489 e. The standard InChI is InChI=1S/C14H21ClN2O2/c1-11(4-5-17-6-8-18-9-7-17)19-14-3-2-12(15)10-13(14)16/h2-3,10-11H,4-9,16H2,1H3. The second-order valence-corrected chi connectivity index (χ2v) is 5.29. The van der Waals surface area contributed by atoms with E-state index in [9.17, 15) is 0 Å². The van der Waals surface area contributed by atoms with Crippen LogP contribution in [0.4, 0.5) is 5.69 Å². The Morgan fingerprint density at radius 1 is 1.42 bits per heavy atom. The predicted molar refractivity (Wildman–Crippen MR) is 77.8 cm³/mol. The molecular weight excluding hydrogens is 264 g/mol. The van der Waals surface area contributed by atoms with E-state index in [1.165, 1.54) is 0 Å². The second kappa shape index (κ2) is 6.98. The van der Waals surface area contributed by atoms with Crippen molar-refractivity contribution >= 4 is 17.3 Å². The number of morpholine rings is 1. The van der Waals surface area contributed by atoms with Crippen molar-refractivity contribution in [1.82, 2.24) is 4.90 Å². The Morgan fingerprint density at radius 2 is 2.16 bits per heavy atom. The molecule has 1 saturated heterocycles. The summed E-state index contributed by atoms with van der Waals surface area (Å²) in [6.07, 6.45) is 1.11. The highest BCUT2D eigenvalue weighted by molar-refractivity contribution is 6.30. The van der Waals surface area contributed by atoms with Crippen LogP contribution in [0.15, 0.2) is 18.2 Å². The summed E-state index contributed by atoms with van der Waals surface area (Å²) < 4.78 is 11.2.